The molecule has 0 fully saturated rings. The van der Waals surface area contributed by atoms with Crippen LogP contribution in [0.4, 0.5) is 0 Å². The third-order valence-electron chi connectivity index (χ3n) is 2.67. The van der Waals surface area contributed by atoms with E-state index in [4.69, 9.17) is 11.6 Å². The van der Waals surface area contributed by atoms with Crippen molar-refractivity contribution in [2.45, 2.75) is 12.5 Å². The minimum atomic E-state index is 0.279. The van der Waals surface area contributed by atoms with Gasteiger partial charge in [0.05, 0.1) is 0 Å². The monoisotopic (exact) mass is 329 g/mol. The van der Waals surface area contributed by atoms with E-state index in [9.17, 15) is 0 Å². The highest BCUT2D eigenvalue weighted by Gasteiger charge is 2.14. The van der Waals surface area contributed by atoms with Crippen LogP contribution in [0.3, 0.4) is 0 Å². The van der Waals surface area contributed by atoms with E-state index >= 15 is 0 Å². The maximum atomic E-state index is 6.05. The molecule has 0 bridgehead atoms. The Morgan fingerprint density at radius 2 is 2.24 bits per heavy atom. The smallest absolute Gasteiger partial charge is 0.0410 e. The Bertz CT molecular complexity index is 484. The Morgan fingerprint density at radius 3 is 2.88 bits per heavy atom. The molecule has 0 saturated heterocycles. The standard InChI is InChI=1S/C13H13BrClNS/c1-16-13(8-10-3-2-6-17-10)11-7-9(15)4-5-12(11)14/h2-7,13,16H,8H2,1H3. The molecule has 0 aliphatic rings. The van der Waals surface area contributed by atoms with Gasteiger partial charge in [-0.3, -0.25) is 0 Å². The highest BCUT2D eigenvalue weighted by Crippen LogP contribution is 2.29. The molecule has 1 heterocycles. The minimum Gasteiger partial charge on any atom is -0.313 e. The average molecular weight is 331 g/mol. The molecule has 2 aromatic rings. The van der Waals surface area contributed by atoms with Crippen LogP contribution in [0.1, 0.15) is 16.5 Å². The number of nitrogens with one attached hydrogen (secondary N) is 1. The quantitative estimate of drug-likeness (QED) is 0.859. The van der Waals surface area contributed by atoms with E-state index in [2.05, 4.69) is 38.8 Å². The van der Waals surface area contributed by atoms with E-state index in [0.717, 1.165) is 15.9 Å². The normalized spacial score (nSPS) is 12.6. The van der Waals surface area contributed by atoms with Crippen molar-refractivity contribution in [3.63, 3.8) is 0 Å². The molecule has 1 N–H and O–H groups in total. The third-order valence-corrected chi connectivity index (χ3v) is 4.52. The largest absolute Gasteiger partial charge is 0.313 e. The van der Waals surface area contributed by atoms with Crippen molar-refractivity contribution in [1.82, 2.24) is 5.32 Å². The molecule has 0 saturated carbocycles. The first-order chi connectivity index (χ1) is 8.20. The van der Waals surface area contributed by atoms with Crippen LogP contribution in [0.2, 0.25) is 5.02 Å². The first kappa shape index (κ1) is 13.1. The lowest BCUT2D eigenvalue weighted by atomic mass is 10.0. The molecule has 0 amide bonds. The molecule has 0 aliphatic heterocycles. The van der Waals surface area contributed by atoms with Crippen molar-refractivity contribution >= 4 is 38.9 Å². The Morgan fingerprint density at radius 1 is 1.41 bits per heavy atom. The van der Waals surface area contributed by atoms with E-state index in [1.807, 2.05) is 25.2 Å². The van der Waals surface area contributed by atoms with Crippen LogP contribution in [0.15, 0.2) is 40.2 Å². The predicted molar refractivity (Wildman–Crippen MR) is 79.0 cm³/mol. The summed E-state index contributed by atoms with van der Waals surface area (Å²) in [5.74, 6) is 0. The molecule has 1 nitrogen and oxygen atoms in total. The third kappa shape index (κ3) is 3.32. The molecule has 2 rings (SSSR count). The second-order valence-corrected chi connectivity index (χ2v) is 6.11. The van der Waals surface area contributed by atoms with Gasteiger partial charge in [0.15, 0.2) is 0 Å². The van der Waals surface area contributed by atoms with Gasteiger partial charge in [-0.05, 0) is 42.3 Å². The number of rotatable bonds is 4. The first-order valence-electron chi connectivity index (χ1n) is 5.35. The summed E-state index contributed by atoms with van der Waals surface area (Å²) in [7, 11) is 1.98. The summed E-state index contributed by atoms with van der Waals surface area (Å²) in [6.45, 7) is 0. The molecule has 0 radical (unpaired) electrons. The van der Waals surface area contributed by atoms with Gasteiger partial charge in [0.2, 0.25) is 0 Å². The van der Waals surface area contributed by atoms with E-state index in [1.54, 1.807) is 11.3 Å². The summed E-state index contributed by atoms with van der Waals surface area (Å²) in [6.07, 6.45) is 0.979. The summed E-state index contributed by atoms with van der Waals surface area (Å²) >= 11 is 11.4. The maximum absolute atomic E-state index is 6.05. The van der Waals surface area contributed by atoms with Gasteiger partial charge in [-0.2, -0.15) is 0 Å². The van der Waals surface area contributed by atoms with Crippen molar-refractivity contribution in [2.75, 3.05) is 7.05 Å². The lowest BCUT2D eigenvalue weighted by Gasteiger charge is -2.17. The molecule has 0 aliphatic carbocycles. The van der Waals surface area contributed by atoms with Crippen LogP contribution in [0, 0.1) is 0 Å². The molecular weight excluding hydrogens is 318 g/mol. The maximum Gasteiger partial charge on any atom is 0.0410 e. The van der Waals surface area contributed by atoms with Gasteiger partial charge in [-0.1, -0.05) is 33.6 Å². The van der Waals surface area contributed by atoms with Gasteiger partial charge in [0, 0.05) is 26.8 Å². The molecule has 1 aromatic carbocycles. The molecule has 1 aromatic heterocycles. The lowest BCUT2D eigenvalue weighted by molar-refractivity contribution is 0.594. The fraction of sp³-hybridized carbons (Fsp3) is 0.231. The summed E-state index contributed by atoms with van der Waals surface area (Å²) < 4.78 is 1.10. The highest BCUT2D eigenvalue weighted by molar-refractivity contribution is 9.10. The number of hydrogen-bond acceptors (Lipinski definition) is 2. The van der Waals surface area contributed by atoms with Crippen molar-refractivity contribution in [3.05, 3.63) is 55.6 Å². The molecule has 17 heavy (non-hydrogen) atoms. The molecule has 1 unspecified atom stereocenters. The number of hydrogen-bond donors (Lipinski definition) is 1. The Labute approximate surface area is 119 Å². The fourth-order valence-electron chi connectivity index (χ4n) is 1.78. The molecule has 0 spiro atoms. The van der Waals surface area contributed by atoms with Crippen LogP contribution < -0.4 is 5.32 Å². The van der Waals surface area contributed by atoms with E-state index < -0.39 is 0 Å². The lowest BCUT2D eigenvalue weighted by Crippen LogP contribution is -2.18. The summed E-state index contributed by atoms with van der Waals surface area (Å²) in [5.41, 5.74) is 1.20. The second kappa shape index (κ2) is 6.01. The fourth-order valence-corrected chi connectivity index (χ4v) is 3.23. The first-order valence-corrected chi connectivity index (χ1v) is 7.40. The Balaban J connectivity index is 2.25. The van der Waals surface area contributed by atoms with Crippen LogP contribution in [0.25, 0.3) is 0 Å². The SMILES string of the molecule is CNC(Cc1cccs1)c1cc(Cl)ccc1Br. The summed E-state index contributed by atoms with van der Waals surface area (Å²) in [4.78, 5) is 1.37. The zero-order valence-electron chi connectivity index (χ0n) is 9.41. The molecule has 4 heteroatoms. The Kier molecular flexibility index (Phi) is 4.62. The van der Waals surface area contributed by atoms with Gasteiger partial charge in [0.25, 0.3) is 0 Å². The van der Waals surface area contributed by atoms with E-state index in [1.165, 1.54) is 10.4 Å². The minimum absolute atomic E-state index is 0.279. The van der Waals surface area contributed by atoms with Crippen LogP contribution in [-0.2, 0) is 6.42 Å². The van der Waals surface area contributed by atoms with E-state index in [0.29, 0.717) is 0 Å². The van der Waals surface area contributed by atoms with E-state index in [-0.39, 0.29) is 6.04 Å². The van der Waals surface area contributed by atoms with Crippen molar-refractivity contribution in [2.24, 2.45) is 0 Å². The zero-order valence-corrected chi connectivity index (χ0v) is 12.6. The Hall–Kier alpha value is -0.350. The van der Waals surface area contributed by atoms with Gasteiger partial charge in [0.1, 0.15) is 0 Å². The topological polar surface area (TPSA) is 12.0 Å². The number of thiophene rings is 1. The van der Waals surface area contributed by atoms with Crippen molar-refractivity contribution in [3.8, 4) is 0 Å². The molecule has 90 valence electrons. The zero-order chi connectivity index (χ0) is 12.3. The van der Waals surface area contributed by atoms with Gasteiger partial charge in [-0.25, -0.2) is 0 Å². The van der Waals surface area contributed by atoms with Gasteiger partial charge >= 0.3 is 0 Å². The average Bonchev–Trinajstić information content (AvgIpc) is 2.82. The highest BCUT2D eigenvalue weighted by atomic mass is 79.9. The van der Waals surface area contributed by atoms with Crippen molar-refractivity contribution < 1.29 is 0 Å². The predicted octanol–water partition coefficient (Wildman–Crippen LogP) is 4.67. The summed E-state index contributed by atoms with van der Waals surface area (Å²) in [6, 6.07) is 10.4. The van der Waals surface area contributed by atoms with Crippen LogP contribution in [0.5, 0.6) is 0 Å². The van der Waals surface area contributed by atoms with Gasteiger partial charge < -0.3 is 5.32 Å². The number of halogens is 2. The summed E-state index contributed by atoms with van der Waals surface area (Å²) in [5, 5.41) is 6.22. The number of likely N-dealkylation sites (N-methyl/N-ethyl adjacent to an activating group) is 1. The van der Waals surface area contributed by atoms with Crippen molar-refractivity contribution in [1.29, 1.82) is 0 Å². The van der Waals surface area contributed by atoms with Gasteiger partial charge in [-0.15, -0.1) is 11.3 Å². The van der Waals surface area contributed by atoms with Crippen LogP contribution in [-0.4, -0.2) is 7.05 Å². The number of benzene rings is 1. The second-order valence-electron chi connectivity index (χ2n) is 3.79. The van der Waals surface area contributed by atoms with Crippen LogP contribution >= 0.6 is 38.9 Å². The molecule has 1 atom stereocenters. The molecular formula is C13H13BrClNS.